The molecule has 1 atom stereocenters. The van der Waals surface area contributed by atoms with Crippen molar-refractivity contribution in [1.82, 2.24) is 15.3 Å². The number of carbonyl (C=O) groups is 1. The Bertz CT molecular complexity index is 632. The lowest BCUT2D eigenvalue weighted by atomic mass is 10.2. The topological polar surface area (TPSA) is 71.3 Å². The Kier molecular flexibility index (Phi) is 4.62. The average Bonchev–Trinajstić information content (AvgIpc) is 3.24. The van der Waals surface area contributed by atoms with E-state index in [2.05, 4.69) is 15.3 Å². The SMILES string of the molecule is CSc1cncc(N2CCC[C@@H]2C(=O)NCc2ccco2)n1. The monoisotopic (exact) mass is 318 g/mol. The van der Waals surface area contributed by atoms with Crippen LogP contribution in [0, 0.1) is 0 Å². The molecule has 0 saturated carbocycles. The fraction of sp³-hybridized carbons (Fsp3) is 0.400. The second-order valence-electron chi connectivity index (χ2n) is 5.07. The van der Waals surface area contributed by atoms with Crippen molar-refractivity contribution in [3.63, 3.8) is 0 Å². The van der Waals surface area contributed by atoms with Crippen molar-refractivity contribution < 1.29 is 9.21 Å². The van der Waals surface area contributed by atoms with E-state index in [1.165, 1.54) is 0 Å². The van der Waals surface area contributed by atoms with Gasteiger partial charge in [0.15, 0.2) is 0 Å². The van der Waals surface area contributed by atoms with E-state index in [-0.39, 0.29) is 11.9 Å². The van der Waals surface area contributed by atoms with Gasteiger partial charge in [-0.3, -0.25) is 9.78 Å². The summed E-state index contributed by atoms with van der Waals surface area (Å²) in [6, 6.07) is 3.47. The van der Waals surface area contributed by atoms with Crippen molar-refractivity contribution >= 4 is 23.5 Å². The number of anilines is 1. The lowest BCUT2D eigenvalue weighted by Gasteiger charge is -2.24. The van der Waals surface area contributed by atoms with Crippen LogP contribution in [0.2, 0.25) is 0 Å². The number of aromatic nitrogens is 2. The van der Waals surface area contributed by atoms with Gasteiger partial charge >= 0.3 is 0 Å². The van der Waals surface area contributed by atoms with Gasteiger partial charge in [0.05, 0.1) is 25.2 Å². The van der Waals surface area contributed by atoms with Crippen LogP contribution >= 0.6 is 11.8 Å². The molecule has 2 aromatic rings. The molecule has 0 unspecified atom stereocenters. The zero-order valence-electron chi connectivity index (χ0n) is 12.4. The van der Waals surface area contributed by atoms with Gasteiger partial charge in [-0.05, 0) is 31.2 Å². The molecule has 1 amide bonds. The quantitative estimate of drug-likeness (QED) is 0.851. The summed E-state index contributed by atoms with van der Waals surface area (Å²) in [5.41, 5.74) is 0. The summed E-state index contributed by atoms with van der Waals surface area (Å²) in [5.74, 6) is 1.52. The van der Waals surface area contributed by atoms with Crippen molar-refractivity contribution in [3.05, 3.63) is 36.5 Å². The minimum Gasteiger partial charge on any atom is -0.467 e. The molecule has 6 nitrogen and oxygen atoms in total. The standard InChI is InChI=1S/C15H18N4O2S/c1-22-14-10-16-9-13(18-14)19-6-2-5-12(19)15(20)17-8-11-4-3-7-21-11/h3-4,7,9-10,12H,2,5-6,8H2,1H3,(H,17,20)/t12-/m1/s1. The molecule has 0 spiro atoms. The number of furan rings is 1. The first kappa shape index (κ1) is 14.9. The van der Waals surface area contributed by atoms with Crippen LogP contribution in [0.1, 0.15) is 18.6 Å². The van der Waals surface area contributed by atoms with Crippen molar-refractivity contribution in [2.24, 2.45) is 0 Å². The van der Waals surface area contributed by atoms with Gasteiger partial charge in [-0.1, -0.05) is 0 Å². The molecule has 1 aliphatic heterocycles. The maximum absolute atomic E-state index is 12.4. The second-order valence-corrected chi connectivity index (χ2v) is 5.89. The van der Waals surface area contributed by atoms with Gasteiger partial charge in [-0.25, -0.2) is 4.98 Å². The van der Waals surface area contributed by atoms with E-state index in [0.29, 0.717) is 6.54 Å². The number of amides is 1. The van der Waals surface area contributed by atoms with Crippen LogP contribution in [0.25, 0.3) is 0 Å². The van der Waals surface area contributed by atoms with E-state index in [1.54, 1.807) is 30.4 Å². The summed E-state index contributed by atoms with van der Waals surface area (Å²) >= 11 is 1.55. The molecule has 3 rings (SSSR count). The summed E-state index contributed by atoms with van der Waals surface area (Å²) in [4.78, 5) is 23.2. The highest BCUT2D eigenvalue weighted by Gasteiger charge is 2.31. The predicted octanol–water partition coefficient (Wildman–Crippen LogP) is 2.08. The molecule has 116 valence electrons. The Morgan fingerprint density at radius 3 is 3.23 bits per heavy atom. The zero-order valence-corrected chi connectivity index (χ0v) is 13.2. The molecule has 1 saturated heterocycles. The van der Waals surface area contributed by atoms with Gasteiger partial charge in [0, 0.05) is 6.54 Å². The van der Waals surface area contributed by atoms with Crippen LogP contribution in [-0.2, 0) is 11.3 Å². The van der Waals surface area contributed by atoms with Crippen molar-refractivity contribution in [1.29, 1.82) is 0 Å². The molecule has 0 aliphatic carbocycles. The molecule has 1 fully saturated rings. The van der Waals surface area contributed by atoms with E-state index in [0.717, 1.165) is 36.0 Å². The third kappa shape index (κ3) is 3.24. The molecule has 2 aromatic heterocycles. The maximum atomic E-state index is 12.4. The summed E-state index contributed by atoms with van der Waals surface area (Å²) in [5, 5.41) is 3.79. The van der Waals surface area contributed by atoms with Crippen molar-refractivity contribution in [2.45, 2.75) is 30.5 Å². The van der Waals surface area contributed by atoms with Gasteiger partial charge in [0.2, 0.25) is 5.91 Å². The first-order valence-corrected chi connectivity index (χ1v) is 8.43. The minimum atomic E-state index is -0.193. The molecular weight excluding hydrogens is 300 g/mol. The Morgan fingerprint density at radius 2 is 2.45 bits per heavy atom. The van der Waals surface area contributed by atoms with Gasteiger partial charge in [0.25, 0.3) is 0 Å². The summed E-state index contributed by atoms with van der Waals surface area (Å²) in [6.45, 7) is 1.23. The van der Waals surface area contributed by atoms with Crippen molar-refractivity contribution in [2.75, 3.05) is 17.7 Å². The highest BCUT2D eigenvalue weighted by atomic mass is 32.2. The van der Waals surface area contributed by atoms with Crippen LogP contribution in [0.4, 0.5) is 5.82 Å². The lowest BCUT2D eigenvalue weighted by Crippen LogP contribution is -2.43. The Labute approximate surface area is 133 Å². The van der Waals surface area contributed by atoms with E-state index in [9.17, 15) is 4.79 Å². The molecule has 1 aliphatic rings. The fourth-order valence-electron chi connectivity index (χ4n) is 2.59. The van der Waals surface area contributed by atoms with E-state index >= 15 is 0 Å². The highest BCUT2D eigenvalue weighted by molar-refractivity contribution is 7.98. The van der Waals surface area contributed by atoms with Crippen LogP contribution in [0.3, 0.4) is 0 Å². The summed E-state index contributed by atoms with van der Waals surface area (Å²) < 4.78 is 5.23. The predicted molar refractivity (Wildman–Crippen MR) is 84.7 cm³/mol. The van der Waals surface area contributed by atoms with Gasteiger partial charge in [-0.2, -0.15) is 0 Å². The second kappa shape index (κ2) is 6.83. The Balaban J connectivity index is 1.68. The summed E-state index contributed by atoms with van der Waals surface area (Å²) in [6.07, 6.45) is 8.82. The first-order chi connectivity index (χ1) is 10.8. The number of hydrogen-bond donors (Lipinski definition) is 1. The maximum Gasteiger partial charge on any atom is 0.243 e. The van der Waals surface area contributed by atoms with Crippen LogP contribution < -0.4 is 10.2 Å². The van der Waals surface area contributed by atoms with E-state index in [4.69, 9.17) is 4.42 Å². The third-order valence-corrected chi connectivity index (χ3v) is 4.29. The van der Waals surface area contributed by atoms with E-state index in [1.807, 2.05) is 23.3 Å². The molecule has 0 radical (unpaired) electrons. The average molecular weight is 318 g/mol. The molecular formula is C15H18N4O2S. The molecule has 1 N–H and O–H groups in total. The number of nitrogens with zero attached hydrogens (tertiary/aromatic N) is 3. The number of thioether (sulfide) groups is 1. The smallest absolute Gasteiger partial charge is 0.243 e. The van der Waals surface area contributed by atoms with Gasteiger partial charge < -0.3 is 14.6 Å². The zero-order chi connectivity index (χ0) is 15.4. The first-order valence-electron chi connectivity index (χ1n) is 7.20. The molecule has 7 heteroatoms. The number of rotatable bonds is 5. The Morgan fingerprint density at radius 1 is 1.55 bits per heavy atom. The van der Waals surface area contributed by atoms with Crippen LogP contribution in [0.15, 0.2) is 40.2 Å². The normalized spacial score (nSPS) is 17.7. The van der Waals surface area contributed by atoms with Crippen LogP contribution in [0.5, 0.6) is 0 Å². The molecule has 22 heavy (non-hydrogen) atoms. The number of carbonyl (C=O) groups excluding carboxylic acids is 1. The van der Waals surface area contributed by atoms with Crippen LogP contribution in [-0.4, -0.2) is 34.7 Å². The summed E-state index contributed by atoms with van der Waals surface area (Å²) in [7, 11) is 0. The van der Waals surface area contributed by atoms with Gasteiger partial charge in [-0.15, -0.1) is 11.8 Å². The van der Waals surface area contributed by atoms with Crippen molar-refractivity contribution in [3.8, 4) is 0 Å². The minimum absolute atomic E-state index is 0.00487. The van der Waals surface area contributed by atoms with Gasteiger partial charge in [0.1, 0.15) is 22.6 Å². The Hall–Kier alpha value is -2.02. The van der Waals surface area contributed by atoms with E-state index < -0.39 is 0 Å². The largest absolute Gasteiger partial charge is 0.467 e. The molecule has 3 heterocycles. The molecule has 0 aromatic carbocycles. The third-order valence-electron chi connectivity index (χ3n) is 3.68. The fourth-order valence-corrected chi connectivity index (χ4v) is 2.94. The number of nitrogens with one attached hydrogen (secondary N) is 1. The number of hydrogen-bond acceptors (Lipinski definition) is 6. The highest BCUT2D eigenvalue weighted by Crippen LogP contribution is 2.25. The lowest BCUT2D eigenvalue weighted by molar-refractivity contribution is -0.122. The molecule has 0 bridgehead atoms.